The van der Waals surface area contributed by atoms with Gasteiger partial charge < -0.3 is 10.2 Å². The first-order valence-electron chi connectivity index (χ1n) is 11.2. The topological polar surface area (TPSA) is 40.5 Å². The molecule has 4 aromatic carbocycles. The summed E-state index contributed by atoms with van der Waals surface area (Å²) in [7, 11) is 0. The summed E-state index contributed by atoms with van der Waals surface area (Å²) in [6.07, 6.45) is 2.06. The summed E-state index contributed by atoms with van der Waals surface area (Å²) in [6, 6.07) is 27.2. The van der Waals surface area contributed by atoms with E-state index in [1.54, 1.807) is 24.3 Å². The standard InChI is InChI=1S/2C8H10O.2C7H9.Zr/c2*1-2-7-3-5-8(9)6-4-7;2*1-6-4-3-5-7(6)2;/h2*3-6,9H,2H2,1H3;2*3-5H,1-2H3;/q;;2*-1;+2. The number of phenols is 2. The molecule has 2 N–H and O–H groups in total. The third-order valence-corrected chi connectivity index (χ3v) is 5.32. The second-order valence-corrected chi connectivity index (χ2v) is 7.82. The Morgan fingerprint density at radius 2 is 0.879 bits per heavy atom. The van der Waals surface area contributed by atoms with Crippen molar-refractivity contribution in [2.24, 2.45) is 0 Å². The predicted octanol–water partition coefficient (Wildman–Crippen LogP) is 7.95. The molecular weight excluding hydrogens is 484 g/mol. The molecule has 3 heteroatoms. The molecule has 0 bridgehead atoms. The zero-order valence-electron chi connectivity index (χ0n) is 20.9. The smallest absolute Gasteiger partial charge is 0.508 e. The van der Waals surface area contributed by atoms with Crippen molar-refractivity contribution < 1.29 is 36.4 Å². The van der Waals surface area contributed by atoms with E-state index in [1.807, 2.05) is 24.3 Å². The van der Waals surface area contributed by atoms with Crippen molar-refractivity contribution in [2.75, 3.05) is 0 Å². The molecule has 0 atom stereocenters. The molecule has 0 heterocycles. The molecule has 0 amide bonds. The van der Waals surface area contributed by atoms with Gasteiger partial charge in [0.25, 0.3) is 0 Å². The van der Waals surface area contributed by atoms with Gasteiger partial charge in [0.2, 0.25) is 0 Å². The summed E-state index contributed by atoms with van der Waals surface area (Å²) >= 11 is 0. The van der Waals surface area contributed by atoms with Crippen LogP contribution in [0.1, 0.15) is 47.2 Å². The van der Waals surface area contributed by atoms with E-state index in [-0.39, 0.29) is 26.2 Å². The number of phenolic OH excluding ortho intramolecular Hbond substituents is 2. The fourth-order valence-electron chi connectivity index (χ4n) is 2.66. The summed E-state index contributed by atoms with van der Waals surface area (Å²) < 4.78 is 0. The molecule has 0 spiro atoms. The van der Waals surface area contributed by atoms with Crippen LogP contribution >= 0.6 is 0 Å². The minimum absolute atomic E-state index is 0. The summed E-state index contributed by atoms with van der Waals surface area (Å²) in [4.78, 5) is 0. The van der Waals surface area contributed by atoms with Crippen LogP contribution in [-0.2, 0) is 39.0 Å². The Labute approximate surface area is 219 Å². The van der Waals surface area contributed by atoms with Crippen molar-refractivity contribution >= 4 is 0 Å². The summed E-state index contributed by atoms with van der Waals surface area (Å²) in [5.41, 5.74) is 8.07. The quantitative estimate of drug-likeness (QED) is 0.263. The summed E-state index contributed by atoms with van der Waals surface area (Å²) in [6.45, 7) is 12.7. The molecule has 0 aromatic heterocycles. The molecule has 0 saturated carbocycles. The molecule has 4 aromatic rings. The molecular formula is C30H38O2Zr. The van der Waals surface area contributed by atoms with E-state index in [2.05, 4.69) is 77.9 Å². The largest absolute Gasteiger partial charge is 2.00 e. The van der Waals surface area contributed by atoms with Gasteiger partial charge in [0.15, 0.2) is 0 Å². The van der Waals surface area contributed by atoms with Gasteiger partial charge in [-0.1, -0.05) is 65.8 Å². The Balaban J connectivity index is 0.000000412. The Kier molecular flexibility index (Phi) is 15.9. The molecule has 0 saturated heterocycles. The van der Waals surface area contributed by atoms with Gasteiger partial charge in [-0.3, -0.25) is 0 Å². The van der Waals surface area contributed by atoms with Crippen molar-refractivity contribution in [1.82, 2.24) is 0 Å². The Morgan fingerprint density at radius 1 is 0.576 bits per heavy atom. The molecule has 0 aliphatic rings. The van der Waals surface area contributed by atoms with Crippen LogP contribution in [0.4, 0.5) is 0 Å². The van der Waals surface area contributed by atoms with Crippen molar-refractivity contribution in [3.8, 4) is 11.5 Å². The fraction of sp³-hybridized carbons (Fsp3) is 0.267. The zero-order valence-corrected chi connectivity index (χ0v) is 23.3. The first kappa shape index (κ1) is 30.6. The maximum atomic E-state index is 8.85. The monoisotopic (exact) mass is 520 g/mol. The van der Waals surface area contributed by atoms with Crippen molar-refractivity contribution in [3.63, 3.8) is 0 Å². The fourth-order valence-corrected chi connectivity index (χ4v) is 2.66. The van der Waals surface area contributed by atoms with Crippen LogP contribution in [-0.4, -0.2) is 10.2 Å². The van der Waals surface area contributed by atoms with E-state index in [4.69, 9.17) is 10.2 Å². The SMILES string of the molecule is CCc1ccc(O)cc1.CCc1ccc(O)cc1.Cc1ccc[c-]1C.Cc1ccc[c-]1C.[Zr+2]. The van der Waals surface area contributed by atoms with Crippen LogP contribution in [0.2, 0.25) is 0 Å². The third kappa shape index (κ3) is 13.0. The molecule has 0 fully saturated rings. The van der Waals surface area contributed by atoms with Crippen LogP contribution < -0.4 is 0 Å². The van der Waals surface area contributed by atoms with E-state index in [0.29, 0.717) is 11.5 Å². The molecule has 0 unspecified atom stereocenters. The van der Waals surface area contributed by atoms with Crippen LogP contribution in [0.25, 0.3) is 0 Å². The van der Waals surface area contributed by atoms with Gasteiger partial charge in [-0.05, 0) is 48.2 Å². The number of aromatic hydroxyl groups is 2. The maximum Gasteiger partial charge on any atom is 2.00 e. The van der Waals surface area contributed by atoms with E-state index in [1.165, 1.54) is 33.4 Å². The van der Waals surface area contributed by atoms with Crippen molar-refractivity contribution in [3.05, 3.63) is 118 Å². The summed E-state index contributed by atoms with van der Waals surface area (Å²) in [5.74, 6) is 0.680. The van der Waals surface area contributed by atoms with Crippen LogP contribution in [0, 0.1) is 27.7 Å². The van der Waals surface area contributed by atoms with Crippen LogP contribution in [0.5, 0.6) is 11.5 Å². The van der Waals surface area contributed by atoms with Crippen molar-refractivity contribution in [1.29, 1.82) is 0 Å². The van der Waals surface area contributed by atoms with Gasteiger partial charge in [0, 0.05) is 0 Å². The Bertz CT molecular complexity index is 876. The number of benzene rings is 2. The Morgan fingerprint density at radius 3 is 1.03 bits per heavy atom. The molecule has 2 nitrogen and oxygen atoms in total. The number of hydrogen-bond acceptors (Lipinski definition) is 2. The molecule has 4 rings (SSSR count). The summed E-state index contributed by atoms with van der Waals surface area (Å²) in [5, 5.41) is 17.7. The minimum atomic E-state index is 0. The average molecular weight is 522 g/mol. The van der Waals surface area contributed by atoms with Crippen LogP contribution in [0.15, 0.2) is 84.9 Å². The van der Waals surface area contributed by atoms with E-state index >= 15 is 0 Å². The Hall–Kier alpha value is -2.38. The molecule has 174 valence electrons. The first-order valence-corrected chi connectivity index (χ1v) is 11.2. The second kappa shape index (κ2) is 17.1. The second-order valence-electron chi connectivity index (χ2n) is 7.82. The minimum Gasteiger partial charge on any atom is -0.508 e. The average Bonchev–Trinajstić information content (AvgIpc) is 3.37. The van der Waals surface area contributed by atoms with Crippen LogP contribution in [0.3, 0.4) is 0 Å². The molecule has 0 radical (unpaired) electrons. The predicted molar refractivity (Wildman–Crippen MR) is 138 cm³/mol. The van der Waals surface area contributed by atoms with E-state index < -0.39 is 0 Å². The van der Waals surface area contributed by atoms with Gasteiger partial charge in [-0.15, -0.1) is 0 Å². The number of hydrogen-bond donors (Lipinski definition) is 2. The maximum absolute atomic E-state index is 8.85. The molecule has 0 aliphatic carbocycles. The normalized spacial score (nSPS) is 9.15. The van der Waals surface area contributed by atoms with E-state index in [9.17, 15) is 0 Å². The molecule has 33 heavy (non-hydrogen) atoms. The zero-order chi connectivity index (χ0) is 23.9. The van der Waals surface area contributed by atoms with Gasteiger partial charge >= 0.3 is 26.2 Å². The van der Waals surface area contributed by atoms with Gasteiger partial charge in [0.05, 0.1) is 0 Å². The number of rotatable bonds is 2. The number of aryl methyl sites for hydroxylation is 6. The third-order valence-electron chi connectivity index (χ3n) is 5.32. The van der Waals surface area contributed by atoms with E-state index in [0.717, 1.165) is 12.8 Å². The molecule has 0 aliphatic heterocycles. The van der Waals surface area contributed by atoms with Gasteiger partial charge in [-0.2, -0.15) is 34.4 Å². The van der Waals surface area contributed by atoms with Crippen molar-refractivity contribution in [2.45, 2.75) is 54.4 Å². The van der Waals surface area contributed by atoms with Gasteiger partial charge in [0.1, 0.15) is 11.5 Å². The first-order chi connectivity index (χ1) is 15.3. The van der Waals surface area contributed by atoms with Gasteiger partial charge in [-0.25, -0.2) is 24.3 Å².